The Labute approximate surface area is 197 Å². The molecular weight excluding hydrogens is 519 g/mol. The molecule has 0 saturated carbocycles. The van der Waals surface area contributed by atoms with E-state index < -0.39 is 15.8 Å². The molecule has 2 aromatic carbocycles. The Morgan fingerprint density at radius 1 is 1.19 bits per heavy atom. The van der Waals surface area contributed by atoms with E-state index in [1.165, 1.54) is 22.5 Å². The summed E-state index contributed by atoms with van der Waals surface area (Å²) in [7, 11) is -3.55. The van der Waals surface area contributed by atoms with Gasteiger partial charge in [-0.2, -0.15) is 4.31 Å². The summed E-state index contributed by atoms with van der Waals surface area (Å²) in [6.07, 6.45) is 1.17. The molecule has 3 N–H and O–H groups in total. The highest BCUT2D eigenvalue weighted by molar-refractivity contribution is 9.10. The zero-order chi connectivity index (χ0) is 22.9. The number of hydrogen-bond donors (Lipinski definition) is 2. The Morgan fingerprint density at radius 2 is 1.88 bits per heavy atom. The Bertz CT molecular complexity index is 1240. The fraction of sp³-hybridized carbons (Fsp3) is 0.238. The van der Waals surface area contributed by atoms with Crippen molar-refractivity contribution >= 4 is 54.0 Å². The molecule has 2 heterocycles. The van der Waals surface area contributed by atoms with E-state index in [0.29, 0.717) is 31.1 Å². The number of nitrogens with zero attached hydrogens (tertiary/aromatic N) is 2. The number of halogens is 2. The maximum absolute atomic E-state index is 13.4. The second-order valence-electron chi connectivity index (χ2n) is 7.35. The van der Waals surface area contributed by atoms with Gasteiger partial charge in [-0.15, -0.1) is 0 Å². The van der Waals surface area contributed by atoms with Gasteiger partial charge in [0.15, 0.2) is 5.13 Å². The Kier molecular flexibility index (Phi) is 6.61. The van der Waals surface area contributed by atoms with Gasteiger partial charge in [0, 0.05) is 29.2 Å². The summed E-state index contributed by atoms with van der Waals surface area (Å²) in [6, 6.07) is 12.0. The zero-order valence-corrected chi connectivity index (χ0v) is 20.0. The SMILES string of the molecule is Nc1nc(NC2CCN(S(=O)(=O)c3ccc(Br)cc3)CC2)sc1C(=O)c1cccc(F)c1. The van der Waals surface area contributed by atoms with Crippen molar-refractivity contribution in [2.45, 2.75) is 23.8 Å². The van der Waals surface area contributed by atoms with Crippen LogP contribution in [-0.2, 0) is 10.0 Å². The standard InChI is InChI=1S/C21H20BrFN4O3S2/c22-14-4-6-17(7-5-14)32(29,30)27-10-8-16(9-11-27)25-21-26-20(24)19(31-21)18(28)13-2-1-3-15(23)12-13/h1-7,12,16H,8-11,24H2,(H,25,26). The predicted molar refractivity (Wildman–Crippen MR) is 126 cm³/mol. The van der Waals surface area contributed by atoms with Crippen molar-refractivity contribution in [2.75, 3.05) is 24.1 Å². The summed E-state index contributed by atoms with van der Waals surface area (Å²) in [5, 5.41) is 3.74. The number of anilines is 2. The molecule has 0 bridgehead atoms. The fourth-order valence-corrected chi connectivity index (χ4v) is 6.15. The summed E-state index contributed by atoms with van der Waals surface area (Å²) in [5.41, 5.74) is 6.14. The lowest BCUT2D eigenvalue weighted by Gasteiger charge is -2.31. The average Bonchev–Trinajstić information content (AvgIpc) is 3.13. The van der Waals surface area contributed by atoms with Crippen LogP contribution in [0.4, 0.5) is 15.3 Å². The number of ketones is 1. The molecule has 1 aliphatic rings. The highest BCUT2D eigenvalue weighted by atomic mass is 79.9. The van der Waals surface area contributed by atoms with E-state index in [0.717, 1.165) is 21.9 Å². The van der Waals surface area contributed by atoms with Crippen LogP contribution in [0.15, 0.2) is 57.9 Å². The first-order valence-corrected chi connectivity index (χ1v) is 12.9. The maximum Gasteiger partial charge on any atom is 0.243 e. The lowest BCUT2D eigenvalue weighted by Crippen LogP contribution is -2.42. The van der Waals surface area contributed by atoms with Crippen molar-refractivity contribution < 1.29 is 17.6 Å². The van der Waals surface area contributed by atoms with E-state index in [1.54, 1.807) is 24.3 Å². The van der Waals surface area contributed by atoms with Crippen LogP contribution in [0.3, 0.4) is 0 Å². The van der Waals surface area contributed by atoms with Gasteiger partial charge in [0.05, 0.1) is 4.90 Å². The van der Waals surface area contributed by atoms with Gasteiger partial charge in [-0.05, 0) is 49.2 Å². The molecule has 32 heavy (non-hydrogen) atoms. The maximum atomic E-state index is 13.4. The first kappa shape index (κ1) is 22.8. The smallest absolute Gasteiger partial charge is 0.243 e. The number of nitrogen functional groups attached to an aromatic ring is 1. The molecule has 0 unspecified atom stereocenters. The van der Waals surface area contributed by atoms with Gasteiger partial charge in [0.25, 0.3) is 0 Å². The van der Waals surface area contributed by atoms with Gasteiger partial charge >= 0.3 is 0 Å². The largest absolute Gasteiger partial charge is 0.382 e. The lowest BCUT2D eigenvalue weighted by atomic mass is 10.1. The predicted octanol–water partition coefficient (Wildman–Crippen LogP) is 4.12. The summed E-state index contributed by atoms with van der Waals surface area (Å²) in [4.78, 5) is 17.4. The molecule has 0 spiro atoms. The van der Waals surface area contributed by atoms with Gasteiger partial charge in [0.2, 0.25) is 15.8 Å². The van der Waals surface area contributed by atoms with Gasteiger partial charge in [-0.3, -0.25) is 4.79 Å². The average molecular weight is 539 g/mol. The zero-order valence-electron chi connectivity index (χ0n) is 16.8. The van der Waals surface area contributed by atoms with Crippen LogP contribution in [0.5, 0.6) is 0 Å². The molecule has 3 aromatic rings. The third-order valence-electron chi connectivity index (χ3n) is 5.18. The normalized spacial score (nSPS) is 15.6. The van der Waals surface area contributed by atoms with Crippen LogP contribution in [-0.4, -0.2) is 42.6 Å². The Morgan fingerprint density at radius 3 is 2.53 bits per heavy atom. The summed E-state index contributed by atoms with van der Waals surface area (Å²) >= 11 is 4.42. The van der Waals surface area contributed by atoms with Crippen LogP contribution in [0, 0.1) is 5.82 Å². The van der Waals surface area contributed by atoms with Gasteiger partial charge < -0.3 is 11.1 Å². The second kappa shape index (κ2) is 9.26. The number of piperidine rings is 1. The van der Waals surface area contributed by atoms with E-state index in [-0.39, 0.29) is 33.0 Å². The minimum atomic E-state index is -3.55. The summed E-state index contributed by atoms with van der Waals surface area (Å²) in [6.45, 7) is 0.734. The summed E-state index contributed by atoms with van der Waals surface area (Å²) in [5.74, 6) is -0.799. The minimum absolute atomic E-state index is 0.00552. The molecular formula is C21H20BrFN4O3S2. The number of nitrogens with one attached hydrogen (secondary N) is 1. The third kappa shape index (κ3) is 4.85. The third-order valence-corrected chi connectivity index (χ3v) is 8.62. The molecule has 1 saturated heterocycles. The lowest BCUT2D eigenvalue weighted by molar-refractivity contribution is 0.104. The van der Waals surface area contributed by atoms with Crippen molar-refractivity contribution in [3.8, 4) is 0 Å². The molecule has 0 atom stereocenters. The first-order chi connectivity index (χ1) is 15.2. The number of aromatic nitrogens is 1. The van der Waals surface area contributed by atoms with Gasteiger partial charge in [0.1, 0.15) is 16.5 Å². The minimum Gasteiger partial charge on any atom is -0.382 e. The Balaban J connectivity index is 1.40. The number of rotatable bonds is 6. The molecule has 1 aromatic heterocycles. The van der Waals surface area contributed by atoms with Crippen molar-refractivity contribution in [3.05, 3.63) is 69.3 Å². The Hall–Kier alpha value is -2.34. The van der Waals surface area contributed by atoms with Crippen LogP contribution < -0.4 is 11.1 Å². The van der Waals surface area contributed by atoms with Gasteiger partial charge in [-0.1, -0.05) is 39.4 Å². The highest BCUT2D eigenvalue weighted by Crippen LogP contribution is 2.30. The van der Waals surface area contributed by atoms with Crippen LogP contribution in [0.2, 0.25) is 0 Å². The van der Waals surface area contributed by atoms with Crippen molar-refractivity contribution in [1.29, 1.82) is 0 Å². The monoisotopic (exact) mass is 538 g/mol. The first-order valence-electron chi connectivity index (χ1n) is 9.83. The molecule has 4 rings (SSSR count). The number of sulfonamides is 1. The topological polar surface area (TPSA) is 105 Å². The molecule has 7 nitrogen and oxygen atoms in total. The van der Waals surface area contributed by atoms with E-state index in [4.69, 9.17) is 5.73 Å². The quantitative estimate of drug-likeness (QED) is 0.457. The van der Waals surface area contributed by atoms with Crippen molar-refractivity contribution in [2.24, 2.45) is 0 Å². The van der Waals surface area contributed by atoms with Crippen LogP contribution in [0.1, 0.15) is 28.1 Å². The van der Waals surface area contributed by atoms with E-state index in [1.807, 2.05) is 0 Å². The number of thiazole rings is 1. The van der Waals surface area contributed by atoms with Gasteiger partial charge in [-0.25, -0.2) is 17.8 Å². The second-order valence-corrected chi connectivity index (χ2v) is 11.2. The molecule has 0 aliphatic carbocycles. The number of carbonyl (C=O) groups is 1. The van der Waals surface area contributed by atoms with Crippen molar-refractivity contribution in [1.82, 2.24) is 9.29 Å². The highest BCUT2D eigenvalue weighted by Gasteiger charge is 2.30. The molecule has 0 radical (unpaired) electrons. The molecule has 0 amide bonds. The number of carbonyl (C=O) groups excluding carboxylic acids is 1. The molecule has 1 aliphatic heterocycles. The number of benzene rings is 2. The summed E-state index contributed by atoms with van der Waals surface area (Å²) < 4.78 is 41.4. The fourth-order valence-electron chi connectivity index (χ4n) is 3.49. The van der Waals surface area contributed by atoms with E-state index in [9.17, 15) is 17.6 Å². The number of hydrogen-bond acceptors (Lipinski definition) is 7. The molecule has 168 valence electrons. The molecule has 11 heteroatoms. The van der Waals surface area contributed by atoms with E-state index >= 15 is 0 Å². The number of nitrogens with two attached hydrogens (primary N) is 1. The van der Waals surface area contributed by atoms with Crippen molar-refractivity contribution in [3.63, 3.8) is 0 Å². The van der Waals surface area contributed by atoms with E-state index in [2.05, 4.69) is 26.2 Å². The van der Waals surface area contributed by atoms with Crippen LogP contribution >= 0.6 is 27.3 Å². The van der Waals surface area contributed by atoms with Crippen LogP contribution in [0.25, 0.3) is 0 Å². The molecule has 1 fully saturated rings.